The van der Waals surface area contributed by atoms with Crippen molar-refractivity contribution < 1.29 is 57.5 Å². The van der Waals surface area contributed by atoms with Gasteiger partial charge in [-0.2, -0.15) is 0 Å². The largest absolute Gasteiger partial charge is 0.494 e. The van der Waals surface area contributed by atoms with Crippen LogP contribution in [0, 0.1) is 0 Å². The van der Waals surface area contributed by atoms with Gasteiger partial charge in [-0.3, -0.25) is 0 Å². The maximum Gasteiger partial charge on any atom is 0.343 e. The number of hydrogen-bond acceptors (Lipinski definition) is 11. The van der Waals surface area contributed by atoms with Crippen molar-refractivity contribution in [1.82, 2.24) is 0 Å². The summed E-state index contributed by atoms with van der Waals surface area (Å²) in [6.07, 6.45) is 24.4. The summed E-state index contributed by atoms with van der Waals surface area (Å²) in [5, 5.41) is 9.85. The number of unbranched alkanes of at least 4 members (excludes halogenated alkanes) is 18. The Morgan fingerprint density at radius 3 is 1.13 bits per heavy atom. The number of carboxylic acid groups (broad SMARTS) is 1. The first-order valence-electron chi connectivity index (χ1n) is 22.6. The molecule has 0 aliphatic carbocycles. The average molecular weight is 871 g/mol. The Kier molecular flexibility index (Phi) is 26.0. The van der Waals surface area contributed by atoms with Gasteiger partial charge in [0.25, 0.3) is 0 Å². The van der Waals surface area contributed by atoms with Gasteiger partial charge in [-0.15, -0.1) is 0 Å². The van der Waals surface area contributed by atoms with E-state index in [4.69, 9.17) is 28.4 Å². The number of rotatable bonds is 35. The van der Waals surface area contributed by atoms with Gasteiger partial charge in [0, 0.05) is 12.2 Å². The minimum atomic E-state index is -1.35. The van der Waals surface area contributed by atoms with Gasteiger partial charge in [0.15, 0.2) is 0 Å². The zero-order chi connectivity index (χ0) is 45.3. The molecule has 0 aliphatic heterocycles. The van der Waals surface area contributed by atoms with Crippen LogP contribution in [0.5, 0.6) is 23.0 Å². The van der Waals surface area contributed by atoms with Crippen LogP contribution in [0.2, 0.25) is 0 Å². The van der Waals surface area contributed by atoms with Crippen molar-refractivity contribution in [3.05, 3.63) is 109 Å². The highest BCUT2D eigenvalue weighted by Crippen LogP contribution is 2.27. The quantitative estimate of drug-likeness (QED) is 0.0258. The van der Waals surface area contributed by atoms with Crippen LogP contribution in [0.25, 0.3) is 0 Å². The Morgan fingerprint density at radius 1 is 0.429 bits per heavy atom. The molecule has 342 valence electrons. The molecule has 0 saturated carbocycles. The van der Waals surface area contributed by atoms with Crippen molar-refractivity contribution in [1.29, 1.82) is 0 Å². The van der Waals surface area contributed by atoms with Gasteiger partial charge in [-0.05, 0) is 92.4 Å². The number of carbonyl (C=O) groups is 5. The van der Waals surface area contributed by atoms with Crippen LogP contribution in [0.4, 0.5) is 0 Å². The predicted molar refractivity (Wildman–Crippen MR) is 242 cm³/mol. The van der Waals surface area contributed by atoms with Gasteiger partial charge >= 0.3 is 29.8 Å². The summed E-state index contributed by atoms with van der Waals surface area (Å²) in [5.41, 5.74) is 0.141. The number of ether oxygens (including phenoxy) is 6. The van der Waals surface area contributed by atoms with Crippen LogP contribution in [-0.2, 0) is 19.1 Å². The van der Waals surface area contributed by atoms with Crippen LogP contribution in [0.1, 0.15) is 159 Å². The van der Waals surface area contributed by atoms with E-state index in [0.717, 1.165) is 83.1 Å². The van der Waals surface area contributed by atoms with E-state index in [1.54, 1.807) is 48.5 Å². The van der Waals surface area contributed by atoms with E-state index in [1.165, 1.54) is 75.7 Å². The third-order valence-electron chi connectivity index (χ3n) is 10.2. The zero-order valence-corrected chi connectivity index (χ0v) is 36.8. The molecule has 3 rings (SSSR count). The second kappa shape index (κ2) is 31.9. The van der Waals surface area contributed by atoms with E-state index >= 15 is 0 Å². The van der Waals surface area contributed by atoms with Crippen LogP contribution in [0.3, 0.4) is 0 Å². The van der Waals surface area contributed by atoms with Crippen molar-refractivity contribution in [3.63, 3.8) is 0 Å². The Bertz CT molecular complexity index is 1830. The number of hydrogen-bond donors (Lipinski definition) is 1. The molecule has 63 heavy (non-hydrogen) atoms. The molecule has 0 saturated heterocycles. The Morgan fingerprint density at radius 2 is 0.762 bits per heavy atom. The minimum Gasteiger partial charge on any atom is -0.494 e. The third-order valence-corrected chi connectivity index (χ3v) is 10.2. The highest BCUT2D eigenvalue weighted by molar-refractivity contribution is 5.96. The smallest absolute Gasteiger partial charge is 0.343 e. The topological polar surface area (TPSA) is 161 Å². The second-order valence-electron chi connectivity index (χ2n) is 15.3. The number of carbonyl (C=O) groups excluding carboxylic acids is 4. The number of benzene rings is 3. The van der Waals surface area contributed by atoms with Crippen LogP contribution in [-0.4, -0.2) is 61.4 Å². The minimum absolute atomic E-state index is 0.0169. The van der Waals surface area contributed by atoms with Gasteiger partial charge in [0.05, 0.1) is 37.6 Å². The summed E-state index contributed by atoms with van der Waals surface area (Å²) in [4.78, 5) is 59.9. The molecule has 0 aromatic heterocycles. The van der Waals surface area contributed by atoms with Crippen molar-refractivity contribution in [2.75, 3.05) is 26.4 Å². The van der Waals surface area contributed by atoms with E-state index in [0.29, 0.717) is 37.9 Å². The maximum absolute atomic E-state index is 12.9. The molecule has 0 radical (unpaired) electrons. The summed E-state index contributed by atoms with van der Waals surface area (Å²) in [6, 6.07) is 16.8. The van der Waals surface area contributed by atoms with Crippen LogP contribution >= 0.6 is 0 Å². The van der Waals surface area contributed by atoms with Crippen molar-refractivity contribution >= 4 is 29.8 Å². The van der Waals surface area contributed by atoms with Gasteiger partial charge in [-0.1, -0.05) is 116 Å². The molecular formula is C51H66O12. The highest BCUT2D eigenvalue weighted by atomic mass is 16.5. The van der Waals surface area contributed by atoms with Crippen molar-refractivity contribution in [2.24, 2.45) is 0 Å². The summed E-state index contributed by atoms with van der Waals surface area (Å²) in [5.74, 6) is -2.46. The summed E-state index contributed by atoms with van der Waals surface area (Å²) in [6.45, 7) is 8.82. The lowest BCUT2D eigenvalue weighted by atomic mass is 10.1. The normalized spacial score (nSPS) is 10.7. The molecule has 1 N–H and O–H groups in total. The molecule has 3 aromatic rings. The second-order valence-corrected chi connectivity index (χ2v) is 15.3. The Hall–Kier alpha value is -5.91. The number of carboxylic acids is 1. The van der Waals surface area contributed by atoms with E-state index in [9.17, 15) is 29.1 Å². The highest BCUT2D eigenvalue weighted by Gasteiger charge is 2.19. The fourth-order valence-electron chi connectivity index (χ4n) is 6.61. The van der Waals surface area contributed by atoms with Gasteiger partial charge < -0.3 is 33.5 Å². The zero-order valence-electron chi connectivity index (χ0n) is 36.8. The fourth-order valence-corrected chi connectivity index (χ4v) is 6.61. The molecule has 0 unspecified atom stereocenters. The Balaban J connectivity index is 1.28. The van der Waals surface area contributed by atoms with E-state index < -0.39 is 17.9 Å². The molecule has 0 atom stereocenters. The molecule has 0 heterocycles. The van der Waals surface area contributed by atoms with Crippen molar-refractivity contribution in [3.8, 4) is 23.0 Å². The first-order valence-corrected chi connectivity index (χ1v) is 22.6. The van der Waals surface area contributed by atoms with E-state index in [-0.39, 0.29) is 40.1 Å². The Labute approximate surface area is 372 Å². The molecule has 0 amide bonds. The van der Waals surface area contributed by atoms with E-state index in [2.05, 4.69) is 13.2 Å². The first kappa shape index (κ1) is 51.4. The number of esters is 4. The predicted octanol–water partition coefficient (Wildman–Crippen LogP) is 11.8. The SMILES string of the molecule is C=CC(=O)OCCCCCCCCCCCCOc1ccc(C(=O)Oc2ccc(OC(=O)c3ccc(OCCCCCCCCCCCCOC(=O)C=C)cc3)c(C(=O)O)c2)cc1. The molecule has 0 fully saturated rings. The third kappa shape index (κ3) is 22.7. The molecule has 0 spiro atoms. The number of aromatic carboxylic acids is 1. The standard InChI is InChI=1S/C51H66O12/c1-3-47(52)60-37-23-19-15-11-7-5-9-13-17-21-35-58-42-29-25-40(26-30-42)50(56)62-44-33-34-46(45(39-44)49(54)55)63-51(57)41-27-31-43(32-28-41)59-36-22-18-14-10-6-8-12-16-20-24-38-61-48(53)4-2/h3-4,25-34,39H,1-2,5-24,35-38H2,(H,54,55). The summed E-state index contributed by atoms with van der Waals surface area (Å²) in [7, 11) is 0. The summed E-state index contributed by atoms with van der Waals surface area (Å²) < 4.78 is 32.5. The van der Waals surface area contributed by atoms with Crippen molar-refractivity contribution in [2.45, 2.75) is 128 Å². The van der Waals surface area contributed by atoms with Crippen LogP contribution < -0.4 is 18.9 Å². The molecule has 0 bridgehead atoms. The lowest BCUT2D eigenvalue weighted by Crippen LogP contribution is -2.13. The van der Waals surface area contributed by atoms with Crippen LogP contribution in [0.15, 0.2) is 92.0 Å². The molecule has 3 aromatic carbocycles. The van der Waals surface area contributed by atoms with E-state index in [1.807, 2.05) is 0 Å². The monoisotopic (exact) mass is 870 g/mol. The molecule has 0 aliphatic rings. The first-order chi connectivity index (χ1) is 30.7. The van der Waals surface area contributed by atoms with Gasteiger partial charge in [0.1, 0.15) is 28.6 Å². The molecule has 12 nitrogen and oxygen atoms in total. The van der Waals surface area contributed by atoms with Gasteiger partial charge in [0.2, 0.25) is 0 Å². The lowest BCUT2D eigenvalue weighted by molar-refractivity contribution is -0.138. The van der Waals surface area contributed by atoms with Gasteiger partial charge in [-0.25, -0.2) is 24.0 Å². The fraction of sp³-hybridized carbons (Fsp3) is 0.471. The lowest BCUT2D eigenvalue weighted by Gasteiger charge is -2.11. The molecule has 12 heteroatoms. The summed E-state index contributed by atoms with van der Waals surface area (Å²) >= 11 is 0. The maximum atomic E-state index is 12.9. The average Bonchev–Trinajstić information content (AvgIpc) is 3.29. The molecular weight excluding hydrogens is 805 g/mol.